The summed E-state index contributed by atoms with van der Waals surface area (Å²) >= 11 is 0. The van der Waals surface area contributed by atoms with Crippen molar-refractivity contribution in [1.29, 1.82) is 0 Å². The highest BCUT2D eigenvalue weighted by atomic mass is 16.4. The Balaban J connectivity index is 1.94. The van der Waals surface area contributed by atoms with Crippen molar-refractivity contribution in [1.82, 2.24) is 0 Å². The molecule has 27 heavy (non-hydrogen) atoms. The van der Waals surface area contributed by atoms with Crippen LogP contribution in [0.1, 0.15) is 27.2 Å². The highest BCUT2D eigenvalue weighted by Crippen LogP contribution is 2.21. The molecular weight excluding hydrogens is 338 g/mol. The lowest BCUT2D eigenvalue weighted by Gasteiger charge is -2.24. The van der Waals surface area contributed by atoms with Crippen molar-refractivity contribution in [2.24, 2.45) is 0 Å². The van der Waals surface area contributed by atoms with E-state index in [2.05, 4.69) is 0 Å². The number of carbonyl (C=O) groups excluding carboxylic acids is 1. The van der Waals surface area contributed by atoms with Gasteiger partial charge in [-0.3, -0.25) is 4.79 Å². The summed E-state index contributed by atoms with van der Waals surface area (Å²) in [5, 5.41) is 0. The van der Waals surface area contributed by atoms with Gasteiger partial charge in [0, 0.05) is 19.2 Å². The second-order valence-electron chi connectivity index (χ2n) is 6.24. The number of hydrogen-bond acceptors (Lipinski definition) is 4. The summed E-state index contributed by atoms with van der Waals surface area (Å²) in [6.45, 7) is 2.83. The SMILES string of the molecule is Cc1cc(N(C/C=C\c2ccccc2)Cc2ccccc2)c(C=O)c(=O)o1. The molecule has 0 aliphatic heterocycles. The summed E-state index contributed by atoms with van der Waals surface area (Å²) in [5.74, 6) is 0.478. The zero-order valence-electron chi connectivity index (χ0n) is 15.2. The van der Waals surface area contributed by atoms with Crippen LogP contribution in [-0.2, 0) is 6.54 Å². The number of benzene rings is 2. The number of rotatable bonds is 7. The van der Waals surface area contributed by atoms with Crippen LogP contribution < -0.4 is 10.5 Å². The number of carbonyl (C=O) groups is 1. The fourth-order valence-electron chi connectivity index (χ4n) is 2.91. The second-order valence-corrected chi connectivity index (χ2v) is 6.24. The van der Waals surface area contributed by atoms with E-state index >= 15 is 0 Å². The summed E-state index contributed by atoms with van der Waals surface area (Å²) in [4.78, 5) is 25.6. The third-order valence-electron chi connectivity index (χ3n) is 4.20. The summed E-state index contributed by atoms with van der Waals surface area (Å²) in [6.07, 6.45) is 4.62. The van der Waals surface area contributed by atoms with Gasteiger partial charge in [-0.2, -0.15) is 0 Å². The quantitative estimate of drug-likeness (QED) is 0.584. The smallest absolute Gasteiger partial charge is 0.348 e. The Bertz CT molecular complexity index is 976. The van der Waals surface area contributed by atoms with Gasteiger partial charge in [0.15, 0.2) is 6.29 Å². The van der Waals surface area contributed by atoms with E-state index in [0.717, 1.165) is 11.1 Å². The number of anilines is 1. The lowest BCUT2D eigenvalue weighted by atomic mass is 10.1. The summed E-state index contributed by atoms with van der Waals surface area (Å²) in [5.41, 5.74) is 2.21. The summed E-state index contributed by atoms with van der Waals surface area (Å²) < 4.78 is 5.08. The van der Waals surface area contributed by atoms with Crippen LogP contribution in [0.2, 0.25) is 0 Å². The molecule has 1 heterocycles. The van der Waals surface area contributed by atoms with Gasteiger partial charge in [-0.05, 0) is 18.1 Å². The molecule has 2 aromatic carbocycles. The average Bonchev–Trinajstić information content (AvgIpc) is 2.68. The van der Waals surface area contributed by atoms with Crippen LogP contribution in [0.25, 0.3) is 6.08 Å². The number of aryl methyl sites for hydroxylation is 1. The molecule has 0 spiro atoms. The highest BCUT2D eigenvalue weighted by Gasteiger charge is 2.16. The predicted molar refractivity (Wildman–Crippen MR) is 108 cm³/mol. The molecule has 136 valence electrons. The zero-order chi connectivity index (χ0) is 19.1. The summed E-state index contributed by atoms with van der Waals surface area (Å²) in [6, 6.07) is 21.7. The molecule has 0 aliphatic carbocycles. The maximum Gasteiger partial charge on any atom is 0.348 e. The van der Waals surface area contributed by atoms with Crippen LogP contribution in [0.15, 0.2) is 82.0 Å². The van der Waals surface area contributed by atoms with Crippen molar-refractivity contribution in [2.75, 3.05) is 11.4 Å². The maximum absolute atomic E-state index is 12.1. The molecular formula is C23H21NO3. The van der Waals surface area contributed by atoms with Crippen molar-refractivity contribution in [3.05, 3.63) is 106 Å². The van der Waals surface area contributed by atoms with E-state index in [-0.39, 0.29) is 5.56 Å². The number of hydrogen-bond donors (Lipinski definition) is 0. The minimum atomic E-state index is -0.606. The fourth-order valence-corrected chi connectivity index (χ4v) is 2.91. The Labute approximate surface area is 158 Å². The molecule has 4 nitrogen and oxygen atoms in total. The molecule has 3 rings (SSSR count). The first-order chi connectivity index (χ1) is 13.2. The molecule has 0 unspecified atom stereocenters. The second kappa shape index (κ2) is 8.81. The minimum Gasteiger partial charge on any atom is -0.428 e. The molecule has 0 aliphatic rings. The van der Waals surface area contributed by atoms with Crippen LogP contribution >= 0.6 is 0 Å². The van der Waals surface area contributed by atoms with Crippen molar-refractivity contribution in [3.8, 4) is 0 Å². The van der Waals surface area contributed by atoms with Gasteiger partial charge < -0.3 is 9.32 Å². The van der Waals surface area contributed by atoms with Gasteiger partial charge >= 0.3 is 5.63 Å². The third kappa shape index (κ3) is 4.82. The van der Waals surface area contributed by atoms with E-state index < -0.39 is 5.63 Å². The molecule has 1 aromatic heterocycles. The average molecular weight is 359 g/mol. The van der Waals surface area contributed by atoms with Gasteiger partial charge in [-0.25, -0.2) is 4.79 Å². The Morgan fingerprint density at radius 2 is 1.67 bits per heavy atom. The Morgan fingerprint density at radius 3 is 2.33 bits per heavy atom. The summed E-state index contributed by atoms with van der Waals surface area (Å²) in [7, 11) is 0. The molecule has 0 saturated carbocycles. The van der Waals surface area contributed by atoms with Gasteiger partial charge in [0.1, 0.15) is 11.3 Å². The van der Waals surface area contributed by atoms with Gasteiger partial charge in [0.05, 0.1) is 5.69 Å². The first kappa shape index (κ1) is 18.4. The van der Waals surface area contributed by atoms with Crippen molar-refractivity contribution in [3.63, 3.8) is 0 Å². The number of aldehydes is 1. The number of nitrogens with zero attached hydrogens (tertiary/aromatic N) is 1. The topological polar surface area (TPSA) is 50.5 Å². The lowest BCUT2D eigenvalue weighted by Crippen LogP contribution is -2.26. The fraction of sp³-hybridized carbons (Fsp3) is 0.130. The van der Waals surface area contributed by atoms with Gasteiger partial charge in [0.2, 0.25) is 0 Å². The first-order valence-corrected chi connectivity index (χ1v) is 8.78. The van der Waals surface area contributed by atoms with E-state index in [0.29, 0.717) is 30.8 Å². The van der Waals surface area contributed by atoms with E-state index in [4.69, 9.17) is 4.42 Å². The van der Waals surface area contributed by atoms with Gasteiger partial charge in [0.25, 0.3) is 0 Å². The normalized spacial score (nSPS) is 10.9. The zero-order valence-corrected chi connectivity index (χ0v) is 15.2. The maximum atomic E-state index is 12.1. The van der Waals surface area contributed by atoms with Crippen LogP contribution in [-0.4, -0.2) is 12.8 Å². The Kier molecular flexibility index (Phi) is 6.00. The van der Waals surface area contributed by atoms with Crippen LogP contribution in [0.3, 0.4) is 0 Å². The van der Waals surface area contributed by atoms with Gasteiger partial charge in [-0.1, -0.05) is 72.8 Å². The van der Waals surface area contributed by atoms with E-state index in [9.17, 15) is 9.59 Å². The standard InChI is InChI=1S/C23H21NO3/c1-18-15-22(21(17-25)23(26)27-18)24(16-20-11-6-3-7-12-20)14-8-13-19-9-4-2-5-10-19/h2-13,15,17H,14,16H2,1H3/b13-8-. The van der Waals surface area contributed by atoms with Gasteiger partial charge in [-0.15, -0.1) is 0 Å². The molecule has 0 fully saturated rings. The van der Waals surface area contributed by atoms with Crippen LogP contribution in [0, 0.1) is 6.92 Å². The van der Waals surface area contributed by atoms with Crippen molar-refractivity contribution >= 4 is 18.0 Å². The largest absolute Gasteiger partial charge is 0.428 e. The highest BCUT2D eigenvalue weighted by molar-refractivity contribution is 5.84. The Hall–Kier alpha value is -3.40. The molecule has 0 radical (unpaired) electrons. The van der Waals surface area contributed by atoms with E-state index in [1.807, 2.05) is 77.7 Å². The molecule has 0 saturated heterocycles. The molecule has 4 heteroatoms. The molecule has 0 N–H and O–H groups in total. The molecule has 0 atom stereocenters. The predicted octanol–water partition coefficient (Wildman–Crippen LogP) is 4.48. The van der Waals surface area contributed by atoms with Crippen LogP contribution in [0.5, 0.6) is 0 Å². The first-order valence-electron chi connectivity index (χ1n) is 8.78. The van der Waals surface area contributed by atoms with E-state index in [1.165, 1.54) is 0 Å². The molecule has 0 amide bonds. The van der Waals surface area contributed by atoms with Crippen molar-refractivity contribution in [2.45, 2.75) is 13.5 Å². The third-order valence-corrected chi connectivity index (χ3v) is 4.20. The minimum absolute atomic E-state index is 0.0460. The molecule has 3 aromatic rings. The lowest BCUT2D eigenvalue weighted by molar-refractivity contribution is 0.112. The van der Waals surface area contributed by atoms with Crippen molar-refractivity contribution < 1.29 is 9.21 Å². The van der Waals surface area contributed by atoms with Crippen LogP contribution in [0.4, 0.5) is 5.69 Å². The monoisotopic (exact) mass is 359 g/mol. The molecule has 0 bridgehead atoms. The Morgan fingerprint density at radius 1 is 1.00 bits per heavy atom. The van der Waals surface area contributed by atoms with E-state index in [1.54, 1.807) is 13.0 Å².